The highest BCUT2D eigenvalue weighted by molar-refractivity contribution is 6.09. The second kappa shape index (κ2) is 9.67. The maximum absolute atomic E-state index is 13.3. The van der Waals surface area contributed by atoms with Crippen molar-refractivity contribution in [3.63, 3.8) is 0 Å². The third-order valence-electron chi connectivity index (χ3n) is 6.53. The summed E-state index contributed by atoms with van der Waals surface area (Å²) in [6.07, 6.45) is 0. The van der Waals surface area contributed by atoms with Crippen molar-refractivity contribution in [2.75, 3.05) is 26.2 Å². The number of benzene rings is 3. The number of hydrogen-bond donors (Lipinski definition) is 1. The number of nitriles is 1. The van der Waals surface area contributed by atoms with Gasteiger partial charge < -0.3 is 24.4 Å². The number of methoxy groups -OCH3 is 3. The molecule has 5 rings (SSSR count). The van der Waals surface area contributed by atoms with Gasteiger partial charge in [-0.2, -0.15) is 5.26 Å². The summed E-state index contributed by atoms with van der Waals surface area (Å²) in [6, 6.07) is 21.9. The van der Waals surface area contributed by atoms with Crippen molar-refractivity contribution in [3.05, 3.63) is 95.0 Å². The van der Waals surface area contributed by atoms with Gasteiger partial charge in [-0.05, 0) is 17.7 Å². The van der Waals surface area contributed by atoms with Crippen molar-refractivity contribution in [2.45, 2.75) is 5.92 Å². The molecule has 3 aromatic carbocycles. The summed E-state index contributed by atoms with van der Waals surface area (Å²) in [4.78, 5) is 27.9. The monoisotopic (exact) mass is 509 g/mol. The molecule has 1 unspecified atom stereocenters. The van der Waals surface area contributed by atoms with E-state index in [1.807, 2.05) is 24.3 Å². The Balaban J connectivity index is 1.87. The van der Waals surface area contributed by atoms with Crippen LogP contribution in [-0.2, 0) is 19.1 Å². The van der Waals surface area contributed by atoms with Crippen molar-refractivity contribution < 1.29 is 28.2 Å². The molecule has 9 heteroatoms. The number of furan rings is 1. The molecule has 9 nitrogen and oxygen atoms in total. The SMILES string of the molecule is COC(=O)C1=C(C(=O)OC)N(c2cc3oc4ccccc4c3cc2OC)C(N)=C(C#N)C1c1ccccc1. The number of ether oxygens (including phenoxy) is 3. The van der Waals surface area contributed by atoms with Crippen LogP contribution in [0.1, 0.15) is 11.5 Å². The van der Waals surface area contributed by atoms with Gasteiger partial charge in [0.1, 0.15) is 28.4 Å². The van der Waals surface area contributed by atoms with E-state index in [1.165, 1.54) is 26.2 Å². The summed E-state index contributed by atoms with van der Waals surface area (Å²) in [5, 5.41) is 11.9. The van der Waals surface area contributed by atoms with Gasteiger partial charge in [0, 0.05) is 16.8 Å². The molecule has 1 aliphatic rings. The molecule has 1 aromatic heterocycles. The number of para-hydroxylation sites is 1. The Morgan fingerprint density at radius 1 is 0.921 bits per heavy atom. The maximum Gasteiger partial charge on any atom is 0.355 e. The third-order valence-corrected chi connectivity index (χ3v) is 6.53. The molecule has 0 saturated heterocycles. The molecule has 2 N–H and O–H groups in total. The summed E-state index contributed by atoms with van der Waals surface area (Å²) in [5.41, 5.74) is 8.39. The van der Waals surface area contributed by atoms with Gasteiger partial charge in [-0.15, -0.1) is 0 Å². The zero-order chi connectivity index (χ0) is 27.0. The average molecular weight is 510 g/mol. The van der Waals surface area contributed by atoms with Gasteiger partial charge in [-0.1, -0.05) is 48.5 Å². The summed E-state index contributed by atoms with van der Waals surface area (Å²) in [6.45, 7) is 0. The number of nitrogens with two attached hydrogens (primary N) is 1. The molecule has 0 amide bonds. The molecule has 0 aliphatic carbocycles. The lowest BCUT2D eigenvalue weighted by molar-refractivity contribution is -0.139. The van der Waals surface area contributed by atoms with Gasteiger partial charge in [0.05, 0.1) is 50.2 Å². The van der Waals surface area contributed by atoms with Gasteiger partial charge in [0.25, 0.3) is 0 Å². The molecule has 1 atom stereocenters. The predicted molar refractivity (Wildman–Crippen MR) is 140 cm³/mol. The molecule has 0 radical (unpaired) electrons. The smallest absolute Gasteiger partial charge is 0.355 e. The minimum atomic E-state index is -0.972. The van der Waals surface area contributed by atoms with Crippen molar-refractivity contribution >= 4 is 39.6 Å². The van der Waals surface area contributed by atoms with Crippen LogP contribution in [0.2, 0.25) is 0 Å². The first-order chi connectivity index (χ1) is 18.4. The Bertz CT molecular complexity index is 1690. The quantitative estimate of drug-likeness (QED) is 0.387. The van der Waals surface area contributed by atoms with Crippen molar-refractivity contribution in [3.8, 4) is 11.8 Å². The summed E-state index contributed by atoms with van der Waals surface area (Å²) in [5.74, 6) is -2.37. The van der Waals surface area contributed by atoms with Crippen LogP contribution in [0, 0.1) is 11.3 Å². The van der Waals surface area contributed by atoms with Crippen LogP contribution in [0.4, 0.5) is 5.69 Å². The number of fused-ring (bicyclic) bond motifs is 3. The Labute approximate surface area is 217 Å². The first-order valence-electron chi connectivity index (χ1n) is 11.6. The van der Waals surface area contributed by atoms with Gasteiger partial charge >= 0.3 is 11.9 Å². The molecule has 190 valence electrons. The van der Waals surface area contributed by atoms with Crippen LogP contribution >= 0.6 is 0 Å². The standard InChI is InChI=1S/C29H23N3O6/c1-35-23-13-18-17-11-7-8-12-21(17)38-22(18)14-20(23)32-26(29(34)37-3)25(28(33)36-2)24(19(15-30)27(32)31)16-9-5-4-6-10-16/h4-14,24H,31H2,1-3H3. The van der Waals surface area contributed by atoms with E-state index in [2.05, 4.69) is 6.07 Å². The fourth-order valence-electron chi connectivity index (χ4n) is 4.84. The third kappa shape index (κ3) is 3.71. The van der Waals surface area contributed by atoms with Crippen LogP contribution in [0.3, 0.4) is 0 Å². The van der Waals surface area contributed by atoms with E-state index in [0.29, 0.717) is 22.5 Å². The Hall–Kier alpha value is -5.23. The molecule has 4 aromatic rings. The van der Waals surface area contributed by atoms with Crippen LogP contribution in [0.25, 0.3) is 21.9 Å². The lowest BCUT2D eigenvalue weighted by Crippen LogP contribution is -2.40. The minimum Gasteiger partial charge on any atom is -0.495 e. The van der Waals surface area contributed by atoms with Crippen molar-refractivity contribution in [2.24, 2.45) is 5.73 Å². The first kappa shape index (κ1) is 24.5. The zero-order valence-corrected chi connectivity index (χ0v) is 20.8. The number of allylic oxidation sites excluding steroid dienone is 1. The van der Waals surface area contributed by atoms with Crippen molar-refractivity contribution in [1.29, 1.82) is 5.26 Å². The highest BCUT2D eigenvalue weighted by Crippen LogP contribution is 2.47. The van der Waals surface area contributed by atoms with Crippen LogP contribution in [0.5, 0.6) is 5.75 Å². The fraction of sp³-hybridized carbons (Fsp3) is 0.138. The molecule has 38 heavy (non-hydrogen) atoms. The summed E-state index contributed by atoms with van der Waals surface area (Å²) >= 11 is 0. The normalized spacial score (nSPS) is 15.5. The van der Waals surface area contributed by atoms with E-state index in [1.54, 1.807) is 42.5 Å². The Kier molecular flexibility index (Phi) is 6.23. The highest BCUT2D eigenvalue weighted by atomic mass is 16.5. The number of hydrogen-bond acceptors (Lipinski definition) is 9. The maximum atomic E-state index is 13.3. The van der Waals surface area contributed by atoms with E-state index in [9.17, 15) is 14.9 Å². The number of carbonyl (C=O) groups is 2. The van der Waals surface area contributed by atoms with Gasteiger partial charge in [-0.3, -0.25) is 4.90 Å². The molecule has 0 bridgehead atoms. The number of rotatable bonds is 5. The number of anilines is 1. The fourth-order valence-corrected chi connectivity index (χ4v) is 4.84. The topological polar surface area (TPSA) is 128 Å². The van der Waals surface area contributed by atoms with Gasteiger partial charge in [-0.25, -0.2) is 9.59 Å². The van der Waals surface area contributed by atoms with Crippen molar-refractivity contribution in [1.82, 2.24) is 0 Å². The first-order valence-corrected chi connectivity index (χ1v) is 11.6. The van der Waals surface area contributed by atoms with Gasteiger partial charge in [0.15, 0.2) is 0 Å². The average Bonchev–Trinajstić information content (AvgIpc) is 3.32. The minimum absolute atomic E-state index is 0.0519. The molecule has 0 fully saturated rings. The molecule has 2 heterocycles. The van der Waals surface area contributed by atoms with E-state index in [-0.39, 0.29) is 28.4 Å². The second-order valence-electron chi connectivity index (χ2n) is 8.45. The predicted octanol–water partition coefficient (Wildman–Crippen LogP) is 4.49. The Morgan fingerprint density at radius 3 is 2.26 bits per heavy atom. The van der Waals surface area contributed by atoms with Crippen LogP contribution in [-0.4, -0.2) is 33.3 Å². The molecule has 0 spiro atoms. The number of carbonyl (C=O) groups excluding carboxylic acids is 2. The largest absolute Gasteiger partial charge is 0.495 e. The summed E-state index contributed by atoms with van der Waals surface area (Å²) in [7, 11) is 3.86. The van der Waals surface area contributed by atoms with Crippen LogP contribution < -0.4 is 15.4 Å². The van der Waals surface area contributed by atoms with Gasteiger partial charge in [0.2, 0.25) is 0 Å². The number of nitrogens with zero attached hydrogens (tertiary/aromatic N) is 2. The second-order valence-corrected chi connectivity index (χ2v) is 8.45. The zero-order valence-electron chi connectivity index (χ0n) is 20.8. The molecule has 0 saturated carbocycles. The summed E-state index contributed by atoms with van der Waals surface area (Å²) < 4.78 is 22.0. The highest BCUT2D eigenvalue weighted by Gasteiger charge is 2.43. The molecular formula is C29H23N3O6. The van der Waals surface area contributed by atoms with Crippen LogP contribution in [0.15, 0.2) is 93.8 Å². The number of esters is 2. The van der Waals surface area contributed by atoms with E-state index >= 15 is 0 Å². The molecule has 1 aliphatic heterocycles. The lowest BCUT2D eigenvalue weighted by atomic mass is 9.81. The molecular weight excluding hydrogens is 486 g/mol. The van der Waals surface area contributed by atoms with E-state index < -0.39 is 17.9 Å². The van der Waals surface area contributed by atoms with E-state index in [0.717, 1.165) is 10.8 Å². The Morgan fingerprint density at radius 2 is 1.61 bits per heavy atom. The van der Waals surface area contributed by atoms with E-state index in [4.69, 9.17) is 24.4 Å². The lowest BCUT2D eigenvalue weighted by Gasteiger charge is -2.36.